The van der Waals surface area contributed by atoms with Crippen molar-refractivity contribution in [2.24, 2.45) is 0 Å². The Bertz CT molecular complexity index is 1070. The normalized spacial score (nSPS) is 24.2. The molecule has 5 rings (SSSR count). The van der Waals surface area contributed by atoms with E-state index in [0.717, 1.165) is 19.0 Å². The summed E-state index contributed by atoms with van der Waals surface area (Å²) in [4.78, 5) is 21.4. The third-order valence-electron chi connectivity index (χ3n) is 5.29. The maximum Gasteiger partial charge on any atom is 0.256 e. The Labute approximate surface area is 160 Å². The van der Waals surface area contributed by atoms with Crippen LogP contribution in [0.2, 0.25) is 0 Å². The predicted octanol–water partition coefficient (Wildman–Crippen LogP) is 2.48. The number of carbonyl (C=O) groups excluding carboxylic acids is 1. The summed E-state index contributed by atoms with van der Waals surface area (Å²) in [5.41, 5.74) is 1.51. The van der Waals surface area contributed by atoms with Crippen LogP contribution in [0.25, 0.3) is 5.65 Å². The highest BCUT2D eigenvalue weighted by molar-refractivity contribution is 5.99. The largest absolute Gasteiger partial charge is 0.474 e. The van der Waals surface area contributed by atoms with Gasteiger partial charge >= 0.3 is 0 Å². The number of halogens is 1. The number of carbonyl (C=O) groups is 1. The van der Waals surface area contributed by atoms with Crippen LogP contribution in [0.15, 0.2) is 30.7 Å². The smallest absolute Gasteiger partial charge is 0.256 e. The van der Waals surface area contributed by atoms with Crippen LogP contribution < -0.4 is 15.4 Å². The van der Waals surface area contributed by atoms with Crippen molar-refractivity contribution >= 4 is 17.4 Å². The molecule has 3 aromatic rings. The number of hydrogen-bond acceptors (Lipinski definition) is 6. The van der Waals surface area contributed by atoms with Crippen molar-refractivity contribution in [3.63, 3.8) is 0 Å². The molecule has 2 N–H and O–H groups in total. The number of aromatic nitrogens is 4. The summed E-state index contributed by atoms with van der Waals surface area (Å²) < 4.78 is 21.5. The van der Waals surface area contributed by atoms with Crippen LogP contribution in [-0.4, -0.2) is 37.6 Å². The Balaban J connectivity index is 1.61. The number of fused-ring (bicyclic) bond motifs is 4. The maximum absolute atomic E-state index is 13.9. The molecule has 2 aliphatic rings. The van der Waals surface area contributed by atoms with E-state index in [1.807, 2.05) is 6.92 Å². The van der Waals surface area contributed by atoms with Crippen LogP contribution >= 0.6 is 0 Å². The average Bonchev–Trinajstić information content (AvgIpc) is 3.29. The molecule has 0 spiro atoms. The molecule has 3 atom stereocenters. The van der Waals surface area contributed by atoms with Gasteiger partial charge in [-0.25, -0.2) is 18.9 Å². The van der Waals surface area contributed by atoms with E-state index in [0.29, 0.717) is 34.9 Å². The quantitative estimate of drug-likeness (QED) is 0.620. The van der Waals surface area contributed by atoms with Crippen molar-refractivity contribution in [3.8, 4) is 5.88 Å². The fourth-order valence-corrected chi connectivity index (χ4v) is 3.86. The lowest BCUT2D eigenvalue weighted by molar-refractivity contribution is 0.0936. The lowest BCUT2D eigenvalue weighted by atomic mass is 10.1. The topological polar surface area (TPSA) is 93.4 Å². The van der Waals surface area contributed by atoms with E-state index < -0.39 is 5.82 Å². The second kappa shape index (κ2) is 6.43. The molecule has 8 nitrogen and oxygen atoms in total. The number of anilines is 1. The molecule has 1 saturated carbocycles. The van der Waals surface area contributed by atoms with E-state index in [9.17, 15) is 9.18 Å². The van der Waals surface area contributed by atoms with Crippen LogP contribution in [0, 0.1) is 5.82 Å². The highest BCUT2D eigenvalue weighted by Gasteiger charge is 2.30. The van der Waals surface area contributed by atoms with E-state index in [-0.39, 0.29) is 24.1 Å². The van der Waals surface area contributed by atoms with Crippen molar-refractivity contribution in [1.29, 1.82) is 0 Å². The molecule has 0 saturated heterocycles. The van der Waals surface area contributed by atoms with Crippen LogP contribution in [0.1, 0.15) is 48.1 Å². The van der Waals surface area contributed by atoms with Gasteiger partial charge in [0, 0.05) is 24.2 Å². The molecule has 4 heterocycles. The van der Waals surface area contributed by atoms with Gasteiger partial charge in [0.2, 0.25) is 5.88 Å². The zero-order valence-corrected chi connectivity index (χ0v) is 15.2. The van der Waals surface area contributed by atoms with Crippen LogP contribution in [0.4, 0.5) is 10.2 Å². The predicted molar refractivity (Wildman–Crippen MR) is 98.7 cm³/mol. The van der Waals surface area contributed by atoms with Crippen molar-refractivity contribution in [3.05, 3.63) is 47.7 Å². The molecule has 0 radical (unpaired) electrons. The van der Waals surface area contributed by atoms with E-state index in [1.165, 1.54) is 12.3 Å². The van der Waals surface area contributed by atoms with Gasteiger partial charge in [-0.2, -0.15) is 5.10 Å². The van der Waals surface area contributed by atoms with Gasteiger partial charge in [0.15, 0.2) is 5.65 Å². The second-order valence-electron chi connectivity index (χ2n) is 7.28. The van der Waals surface area contributed by atoms with Gasteiger partial charge in [-0.15, -0.1) is 0 Å². The van der Waals surface area contributed by atoms with Crippen molar-refractivity contribution < 1.29 is 13.9 Å². The molecule has 1 aliphatic heterocycles. The van der Waals surface area contributed by atoms with Crippen molar-refractivity contribution in [2.45, 2.75) is 44.4 Å². The van der Waals surface area contributed by atoms with Crippen LogP contribution in [-0.2, 0) is 0 Å². The molecule has 9 heteroatoms. The highest BCUT2D eigenvalue weighted by Crippen LogP contribution is 2.31. The Morgan fingerprint density at radius 2 is 2.18 bits per heavy atom. The molecule has 0 aromatic carbocycles. The zero-order valence-electron chi connectivity index (χ0n) is 15.2. The summed E-state index contributed by atoms with van der Waals surface area (Å²) in [6.45, 7) is 1.89. The molecule has 28 heavy (non-hydrogen) atoms. The van der Waals surface area contributed by atoms with Gasteiger partial charge in [-0.05, 0) is 31.9 Å². The molecule has 3 aromatic heterocycles. The number of nitrogens with zero attached hydrogens (tertiary/aromatic N) is 4. The van der Waals surface area contributed by atoms with Gasteiger partial charge in [0.05, 0.1) is 18.4 Å². The Hall–Kier alpha value is -3.23. The number of amides is 1. The third kappa shape index (κ3) is 2.92. The van der Waals surface area contributed by atoms with Gasteiger partial charge < -0.3 is 15.4 Å². The average molecular weight is 382 g/mol. The first-order chi connectivity index (χ1) is 13.6. The van der Waals surface area contributed by atoms with E-state index in [4.69, 9.17) is 4.74 Å². The fourth-order valence-electron chi connectivity index (χ4n) is 3.86. The molecule has 144 valence electrons. The van der Waals surface area contributed by atoms with Crippen LogP contribution in [0.3, 0.4) is 0 Å². The minimum absolute atomic E-state index is 0.00183. The number of nitrogens with one attached hydrogen (secondary N) is 2. The zero-order chi connectivity index (χ0) is 19.3. The Morgan fingerprint density at radius 1 is 1.29 bits per heavy atom. The molecule has 1 aliphatic carbocycles. The first-order valence-corrected chi connectivity index (χ1v) is 9.31. The molecule has 0 unspecified atom stereocenters. The van der Waals surface area contributed by atoms with Gasteiger partial charge in [0.1, 0.15) is 23.3 Å². The summed E-state index contributed by atoms with van der Waals surface area (Å²) in [5, 5.41) is 10.5. The Morgan fingerprint density at radius 3 is 3.07 bits per heavy atom. The first kappa shape index (κ1) is 16.9. The SMILES string of the molecule is C[C@H]1Nc2ccn3ncc(c3n2)C(=O)N[C@@H]2CC[C@H](C2)Oc2ncc(F)cc21. The fraction of sp³-hybridized carbons (Fsp3) is 0.368. The highest BCUT2D eigenvalue weighted by atomic mass is 19.1. The third-order valence-corrected chi connectivity index (χ3v) is 5.29. The van der Waals surface area contributed by atoms with Crippen LogP contribution in [0.5, 0.6) is 5.88 Å². The lowest BCUT2D eigenvalue weighted by Gasteiger charge is -2.21. The standard InChI is InChI=1S/C19H19FN6O2/c1-10-14-6-11(20)8-21-19(14)28-13-3-2-12(7-13)24-18(27)15-9-22-26-5-4-16(23-10)25-17(15)26/h4-6,8-10,12-13H,2-3,7H2,1H3,(H,23,25)(H,24,27)/t10-,12-,13-/m1/s1. The summed E-state index contributed by atoms with van der Waals surface area (Å²) >= 11 is 0. The van der Waals surface area contributed by atoms with E-state index in [2.05, 4.69) is 25.7 Å². The molecule has 1 amide bonds. The number of ether oxygens (including phenoxy) is 1. The Kier molecular flexibility index (Phi) is 3.88. The first-order valence-electron chi connectivity index (χ1n) is 9.31. The minimum atomic E-state index is -0.421. The molecular formula is C19H19FN6O2. The summed E-state index contributed by atoms with van der Waals surface area (Å²) in [6.07, 6.45) is 6.59. The van der Waals surface area contributed by atoms with E-state index in [1.54, 1.807) is 16.8 Å². The van der Waals surface area contributed by atoms with Crippen molar-refractivity contribution in [2.75, 3.05) is 5.32 Å². The summed E-state index contributed by atoms with van der Waals surface area (Å²) in [6, 6.07) is 2.88. The van der Waals surface area contributed by atoms with E-state index >= 15 is 0 Å². The minimum Gasteiger partial charge on any atom is -0.474 e. The number of rotatable bonds is 0. The maximum atomic E-state index is 13.9. The number of hydrogen-bond donors (Lipinski definition) is 2. The molecule has 1 fully saturated rings. The summed E-state index contributed by atoms with van der Waals surface area (Å²) in [7, 11) is 0. The second-order valence-corrected chi connectivity index (χ2v) is 7.28. The monoisotopic (exact) mass is 382 g/mol. The molecule has 4 bridgehead atoms. The van der Waals surface area contributed by atoms with Gasteiger partial charge in [0.25, 0.3) is 5.91 Å². The van der Waals surface area contributed by atoms with Gasteiger partial charge in [-0.3, -0.25) is 4.79 Å². The lowest BCUT2D eigenvalue weighted by Crippen LogP contribution is -2.33. The summed E-state index contributed by atoms with van der Waals surface area (Å²) in [5.74, 6) is 0.331. The van der Waals surface area contributed by atoms with Crippen molar-refractivity contribution in [1.82, 2.24) is 24.9 Å². The molecular weight excluding hydrogens is 363 g/mol. The number of pyridine rings is 1. The van der Waals surface area contributed by atoms with Gasteiger partial charge in [-0.1, -0.05) is 0 Å².